The van der Waals surface area contributed by atoms with Crippen LogP contribution < -0.4 is 0 Å². The average molecular weight is 94.1 g/mol. The number of nitriles is 1. The molecule has 0 aliphatic rings. The predicted molar refractivity (Wildman–Crippen MR) is 28.9 cm³/mol. The molecule has 0 saturated carbocycles. The van der Waals surface area contributed by atoms with Crippen LogP contribution in [0.15, 0.2) is 16.8 Å². The van der Waals surface area contributed by atoms with Crippen molar-refractivity contribution in [1.29, 1.82) is 5.26 Å². The van der Waals surface area contributed by atoms with Gasteiger partial charge in [0.25, 0.3) is 0 Å². The van der Waals surface area contributed by atoms with Crippen molar-refractivity contribution in [2.24, 2.45) is 4.99 Å². The number of hydrogen-bond acceptors (Lipinski definition) is 2. The molecule has 0 fully saturated rings. The van der Waals surface area contributed by atoms with E-state index in [0.29, 0.717) is 5.57 Å². The molecule has 0 saturated heterocycles. The Balaban J connectivity index is 3.80. The quantitative estimate of drug-likeness (QED) is 0.354. The van der Waals surface area contributed by atoms with Gasteiger partial charge in [0.15, 0.2) is 0 Å². The molecule has 2 heteroatoms. The van der Waals surface area contributed by atoms with E-state index in [0.717, 1.165) is 0 Å². The summed E-state index contributed by atoms with van der Waals surface area (Å²) >= 11 is 0. The molecule has 0 spiro atoms. The van der Waals surface area contributed by atoms with Crippen molar-refractivity contribution in [3.63, 3.8) is 0 Å². The summed E-state index contributed by atoms with van der Waals surface area (Å²) in [5, 5.41) is 8.06. The average Bonchev–Trinajstić information content (AvgIpc) is 1.68. The second kappa shape index (κ2) is 3.10. The first-order valence-electron chi connectivity index (χ1n) is 1.84. The van der Waals surface area contributed by atoms with Crippen LogP contribution in [0.4, 0.5) is 0 Å². The molecule has 36 valence electrons. The number of hydrogen-bond donors (Lipinski definition) is 0. The zero-order valence-electron chi connectivity index (χ0n) is 4.18. The maximum absolute atomic E-state index is 8.06. The molecular formula is C5H6N2. The molecule has 0 amide bonds. The van der Waals surface area contributed by atoms with Crippen LogP contribution in [0.2, 0.25) is 0 Å². The summed E-state index contributed by atoms with van der Waals surface area (Å²) in [4.78, 5) is 3.37. The molecule has 0 aromatic carbocycles. The molecule has 0 radical (unpaired) electrons. The van der Waals surface area contributed by atoms with E-state index < -0.39 is 0 Å². The second-order valence-corrected chi connectivity index (χ2v) is 1.11. The van der Waals surface area contributed by atoms with Gasteiger partial charge in [-0.25, -0.2) is 0 Å². The summed E-state index contributed by atoms with van der Waals surface area (Å²) in [5.41, 5.74) is 0.579. The van der Waals surface area contributed by atoms with Crippen LogP contribution in [0, 0.1) is 11.3 Å². The highest BCUT2D eigenvalue weighted by Crippen LogP contribution is 1.85. The minimum absolute atomic E-state index is 0.579. The van der Waals surface area contributed by atoms with Crippen molar-refractivity contribution in [3.8, 4) is 6.07 Å². The Kier molecular flexibility index (Phi) is 2.62. The largest absolute Gasteiger partial charge is 0.271 e. The van der Waals surface area contributed by atoms with Gasteiger partial charge in [0.2, 0.25) is 0 Å². The molecular weight excluding hydrogens is 88.1 g/mol. The number of nitrogens with zero attached hydrogens (tertiary/aromatic N) is 2. The van der Waals surface area contributed by atoms with Crippen LogP contribution in [-0.4, -0.2) is 6.72 Å². The first-order chi connectivity index (χ1) is 3.31. The summed E-state index contributed by atoms with van der Waals surface area (Å²) in [6.45, 7) is 4.85. The SMILES string of the molecule is C=N/C=C(\C)C#N. The van der Waals surface area contributed by atoms with Gasteiger partial charge >= 0.3 is 0 Å². The molecule has 2 nitrogen and oxygen atoms in total. The Morgan fingerprint density at radius 1 is 2.00 bits per heavy atom. The molecule has 0 rings (SSSR count). The van der Waals surface area contributed by atoms with Gasteiger partial charge < -0.3 is 0 Å². The molecule has 0 aliphatic carbocycles. The number of rotatable bonds is 1. The van der Waals surface area contributed by atoms with E-state index in [2.05, 4.69) is 11.7 Å². The Hall–Kier alpha value is -1.10. The molecule has 0 aromatic heterocycles. The third-order valence-corrected chi connectivity index (χ3v) is 0.461. The van der Waals surface area contributed by atoms with E-state index in [-0.39, 0.29) is 0 Å². The van der Waals surface area contributed by atoms with Gasteiger partial charge in [0, 0.05) is 11.8 Å². The van der Waals surface area contributed by atoms with E-state index in [1.54, 1.807) is 6.92 Å². The van der Waals surface area contributed by atoms with E-state index in [1.807, 2.05) is 6.07 Å². The minimum atomic E-state index is 0.579. The maximum atomic E-state index is 8.06. The van der Waals surface area contributed by atoms with Crippen LogP contribution >= 0.6 is 0 Å². The normalized spacial score (nSPS) is 10.0. The summed E-state index contributed by atoms with van der Waals surface area (Å²) in [5.74, 6) is 0. The Morgan fingerprint density at radius 3 is 2.71 bits per heavy atom. The molecule has 0 aliphatic heterocycles. The zero-order valence-corrected chi connectivity index (χ0v) is 4.18. The molecule has 0 heterocycles. The van der Waals surface area contributed by atoms with Crippen molar-refractivity contribution in [1.82, 2.24) is 0 Å². The maximum Gasteiger partial charge on any atom is 0.0960 e. The molecule has 0 unspecified atom stereocenters. The van der Waals surface area contributed by atoms with Crippen molar-refractivity contribution >= 4 is 6.72 Å². The lowest BCUT2D eigenvalue weighted by Gasteiger charge is -1.72. The van der Waals surface area contributed by atoms with Crippen LogP contribution in [-0.2, 0) is 0 Å². The van der Waals surface area contributed by atoms with Crippen LogP contribution in [0.3, 0.4) is 0 Å². The van der Waals surface area contributed by atoms with Gasteiger partial charge in [0.05, 0.1) is 6.07 Å². The van der Waals surface area contributed by atoms with Crippen LogP contribution in [0.5, 0.6) is 0 Å². The summed E-state index contributed by atoms with van der Waals surface area (Å²) in [6.07, 6.45) is 1.42. The lowest BCUT2D eigenvalue weighted by atomic mass is 10.4. The summed E-state index contributed by atoms with van der Waals surface area (Å²) in [6, 6.07) is 1.89. The third-order valence-electron chi connectivity index (χ3n) is 0.461. The molecule has 0 bridgehead atoms. The highest BCUT2D eigenvalue weighted by Gasteiger charge is 1.74. The van der Waals surface area contributed by atoms with Crippen molar-refractivity contribution in [3.05, 3.63) is 11.8 Å². The first kappa shape index (κ1) is 5.90. The molecule has 0 aromatic rings. The first-order valence-corrected chi connectivity index (χ1v) is 1.84. The smallest absolute Gasteiger partial charge is 0.0960 e. The predicted octanol–water partition coefficient (Wildman–Crippen LogP) is 1.11. The van der Waals surface area contributed by atoms with Gasteiger partial charge in [-0.05, 0) is 13.6 Å². The van der Waals surface area contributed by atoms with E-state index in [4.69, 9.17) is 5.26 Å². The fraction of sp³-hybridized carbons (Fsp3) is 0.200. The fourth-order valence-corrected chi connectivity index (χ4v) is 0.166. The summed E-state index contributed by atoms with van der Waals surface area (Å²) in [7, 11) is 0. The van der Waals surface area contributed by atoms with Gasteiger partial charge in [-0.1, -0.05) is 0 Å². The fourth-order valence-electron chi connectivity index (χ4n) is 0.166. The lowest BCUT2D eigenvalue weighted by Crippen LogP contribution is -1.60. The lowest BCUT2D eigenvalue weighted by molar-refractivity contribution is 1.40. The minimum Gasteiger partial charge on any atom is -0.271 e. The van der Waals surface area contributed by atoms with E-state index in [9.17, 15) is 0 Å². The van der Waals surface area contributed by atoms with E-state index in [1.165, 1.54) is 6.20 Å². The van der Waals surface area contributed by atoms with Crippen LogP contribution in [0.1, 0.15) is 6.92 Å². The highest BCUT2D eigenvalue weighted by molar-refractivity contribution is 5.28. The zero-order chi connectivity index (χ0) is 5.70. The Labute approximate surface area is 42.8 Å². The second-order valence-electron chi connectivity index (χ2n) is 1.11. The Bertz CT molecular complexity index is 128. The molecule has 0 N–H and O–H groups in total. The van der Waals surface area contributed by atoms with Gasteiger partial charge in [-0.3, -0.25) is 4.99 Å². The topological polar surface area (TPSA) is 36.1 Å². The van der Waals surface area contributed by atoms with Crippen molar-refractivity contribution in [2.45, 2.75) is 6.92 Å². The molecule has 0 atom stereocenters. The highest BCUT2D eigenvalue weighted by atomic mass is 14.6. The van der Waals surface area contributed by atoms with Gasteiger partial charge in [-0.15, -0.1) is 0 Å². The number of aliphatic imine (C=N–C) groups is 1. The third kappa shape index (κ3) is 2.71. The Morgan fingerprint density at radius 2 is 2.57 bits per heavy atom. The van der Waals surface area contributed by atoms with E-state index >= 15 is 0 Å². The molecule has 7 heavy (non-hydrogen) atoms. The van der Waals surface area contributed by atoms with Crippen molar-refractivity contribution < 1.29 is 0 Å². The van der Waals surface area contributed by atoms with Crippen LogP contribution in [0.25, 0.3) is 0 Å². The number of allylic oxidation sites excluding steroid dienone is 1. The standard InChI is InChI=1S/C5H6N2/c1-5(3-6)4-7-2/h4H,2H2,1H3/b5-4+. The van der Waals surface area contributed by atoms with Gasteiger partial charge in [0.1, 0.15) is 0 Å². The summed E-state index contributed by atoms with van der Waals surface area (Å²) < 4.78 is 0. The van der Waals surface area contributed by atoms with Crippen molar-refractivity contribution in [2.75, 3.05) is 0 Å². The van der Waals surface area contributed by atoms with Gasteiger partial charge in [-0.2, -0.15) is 5.26 Å². The monoisotopic (exact) mass is 94.1 g/mol.